The summed E-state index contributed by atoms with van der Waals surface area (Å²) >= 11 is 6.52. The van der Waals surface area contributed by atoms with Gasteiger partial charge in [-0.2, -0.15) is 5.26 Å². The highest BCUT2D eigenvalue weighted by molar-refractivity contribution is 6.32. The molecule has 1 amide bonds. The van der Waals surface area contributed by atoms with E-state index in [1.54, 1.807) is 48.5 Å². The highest BCUT2D eigenvalue weighted by Crippen LogP contribution is 2.37. The van der Waals surface area contributed by atoms with Gasteiger partial charge in [0.25, 0.3) is 0 Å². The SMILES string of the molecule is CCOc1cc2ncc(C#N)c(Nc3ccc(OCc4cccc(F)c4)c(Cl)c3)c2cc1NC(=O)/C=C/C1CCCN1C. The number of amides is 1. The molecular weight excluding hydrogens is 569 g/mol. The molecule has 1 unspecified atom stereocenters. The van der Waals surface area contributed by atoms with Gasteiger partial charge in [-0.15, -0.1) is 0 Å². The topological polar surface area (TPSA) is 99.5 Å². The van der Waals surface area contributed by atoms with Crippen molar-refractivity contribution in [2.24, 2.45) is 0 Å². The first kappa shape index (κ1) is 29.8. The van der Waals surface area contributed by atoms with Gasteiger partial charge in [0.15, 0.2) is 0 Å². The van der Waals surface area contributed by atoms with Gasteiger partial charge in [-0.25, -0.2) is 4.39 Å². The summed E-state index contributed by atoms with van der Waals surface area (Å²) in [5.74, 6) is 0.287. The van der Waals surface area contributed by atoms with Crippen LogP contribution in [-0.4, -0.2) is 42.0 Å². The largest absolute Gasteiger partial charge is 0.492 e. The van der Waals surface area contributed by atoms with Gasteiger partial charge in [0.05, 0.1) is 34.1 Å². The number of likely N-dealkylation sites (N-methyl/N-ethyl adjacent to an activating group) is 1. The molecule has 1 atom stereocenters. The molecule has 220 valence electrons. The van der Waals surface area contributed by atoms with Gasteiger partial charge in [-0.1, -0.05) is 29.8 Å². The number of rotatable bonds is 10. The number of nitrogens with zero attached hydrogens (tertiary/aromatic N) is 3. The fourth-order valence-electron chi connectivity index (χ4n) is 4.99. The normalized spacial score (nSPS) is 15.0. The van der Waals surface area contributed by atoms with E-state index in [9.17, 15) is 14.4 Å². The Hall–Kier alpha value is -4.65. The van der Waals surface area contributed by atoms with Crippen molar-refractivity contribution in [1.82, 2.24) is 9.88 Å². The second kappa shape index (κ2) is 13.6. The lowest BCUT2D eigenvalue weighted by atomic mass is 10.1. The zero-order valence-electron chi connectivity index (χ0n) is 23.9. The lowest BCUT2D eigenvalue weighted by Gasteiger charge is -2.17. The van der Waals surface area contributed by atoms with Crippen LogP contribution in [0.15, 0.2) is 72.9 Å². The molecule has 0 bridgehead atoms. The number of carbonyl (C=O) groups excluding carboxylic acids is 1. The lowest BCUT2D eigenvalue weighted by molar-refractivity contribution is -0.112. The first-order chi connectivity index (χ1) is 20.8. The van der Waals surface area contributed by atoms with Crippen molar-refractivity contribution in [3.8, 4) is 17.6 Å². The number of fused-ring (bicyclic) bond motifs is 1. The number of nitriles is 1. The summed E-state index contributed by atoms with van der Waals surface area (Å²) in [5, 5.41) is 17.1. The summed E-state index contributed by atoms with van der Waals surface area (Å²) in [6.45, 7) is 3.42. The number of nitrogens with one attached hydrogen (secondary N) is 2. The lowest BCUT2D eigenvalue weighted by Crippen LogP contribution is -2.23. The Morgan fingerprint density at radius 1 is 1.21 bits per heavy atom. The molecule has 1 aromatic heterocycles. The van der Waals surface area contributed by atoms with Crippen LogP contribution in [0.2, 0.25) is 5.02 Å². The maximum Gasteiger partial charge on any atom is 0.248 e. The minimum Gasteiger partial charge on any atom is -0.492 e. The van der Waals surface area contributed by atoms with E-state index in [-0.39, 0.29) is 24.4 Å². The van der Waals surface area contributed by atoms with Crippen LogP contribution >= 0.6 is 11.6 Å². The van der Waals surface area contributed by atoms with E-state index in [0.717, 1.165) is 19.4 Å². The van der Waals surface area contributed by atoms with Gasteiger partial charge in [0.2, 0.25) is 5.91 Å². The molecule has 2 heterocycles. The fourth-order valence-corrected chi connectivity index (χ4v) is 5.23. The van der Waals surface area contributed by atoms with Crippen molar-refractivity contribution in [2.75, 3.05) is 30.8 Å². The van der Waals surface area contributed by atoms with E-state index >= 15 is 0 Å². The molecule has 1 fully saturated rings. The monoisotopic (exact) mass is 599 g/mol. The van der Waals surface area contributed by atoms with E-state index < -0.39 is 0 Å². The van der Waals surface area contributed by atoms with Crippen LogP contribution < -0.4 is 20.1 Å². The summed E-state index contributed by atoms with van der Waals surface area (Å²) in [6, 6.07) is 17.2. The number of hydrogen-bond donors (Lipinski definition) is 2. The summed E-state index contributed by atoms with van der Waals surface area (Å²) in [7, 11) is 2.05. The standard InChI is InChI=1S/C33H31ClFN5O3/c1-3-42-31-17-28-26(16-29(31)39-32(41)12-10-25-8-5-13-40(25)2)33(22(18-36)19-37-28)38-24-9-11-30(27(34)15-24)43-20-21-6-4-7-23(35)14-21/h4,6-7,9-12,14-17,19,25H,3,5,8,13,20H2,1-2H3,(H,37,38)(H,39,41)/b12-10+. The van der Waals surface area contributed by atoms with Crippen molar-refractivity contribution >= 4 is 45.5 Å². The third-order valence-corrected chi connectivity index (χ3v) is 7.47. The Labute approximate surface area is 254 Å². The number of anilines is 3. The number of aromatic nitrogens is 1. The first-order valence-corrected chi connectivity index (χ1v) is 14.3. The molecule has 10 heteroatoms. The molecule has 43 heavy (non-hydrogen) atoms. The number of likely N-dealkylation sites (tertiary alicyclic amines) is 1. The summed E-state index contributed by atoms with van der Waals surface area (Å²) in [5.41, 5.74) is 3.13. The Morgan fingerprint density at radius 3 is 2.79 bits per heavy atom. The van der Waals surface area contributed by atoms with Crippen LogP contribution in [0.25, 0.3) is 10.9 Å². The van der Waals surface area contributed by atoms with Crippen LogP contribution in [0.3, 0.4) is 0 Å². The highest BCUT2D eigenvalue weighted by atomic mass is 35.5. The number of pyridine rings is 1. The maximum atomic E-state index is 13.5. The quantitative estimate of drug-likeness (QED) is 0.186. The van der Waals surface area contributed by atoms with Gasteiger partial charge in [-0.3, -0.25) is 14.7 Å². The number of halogens is 2. The first-order valence-electron chi connectivity index (χ1n) is 14.0. The van der Waals surface area contributed by atoms with Gasteiger partial charge >= 0.3 is 0 Å². The molecule has 1 aliphatic rings. The van der Waals surface area contributed by atoms with Gasteiger partial charge in [0, 0.05) is 35.5 Å². The van der Waals surface area contributed by atoms with E-state index in [4.69, 9.17) is 21.1 Å². The molecule has 0 saturated carbocycles. The van der Waals surface area contributed by atoms with Crippen molar-refractivity contribution in [3.63, 3.8) is 0 Å². The predicted molar refractivity (Wildman–Crippen MR) is 167 cm³/mol. The third-order valence-electron chi connectivity index (χ3n) is 7.18. The Balaban J connectivity index is 1.41. The number of hydrogen-bond acceptors (Lipinski definition) is 7. The summed E-state index contributed by atoms with van der Waals surface area (Å²) in [6.07, 6.45) is 7.07. The summed E-state index contributed by atoms with van der Waals surface area (Å²) < 4.78 is 25.1. The van der Waals surface area contributed by atoms with Crippen LogP contribution in [0, 0.1) is 17.1 Å². The number of ether oxygens (including phenoxy) is 2. The molecule has 5 rings (SSSR count). The van der Waals surface area contributed by atoms with Crippen LogP contribution in [0.5, 0.6) is 11.5 Å². The molecule has 2 N–H and O–H groups in total. The second-order valence-electron chi connectivity index (χ2n) is 10.2. The van der Waals surface area contributed by atoms with Crippen molar-refractivity contribution < 1.29 is 18.7 Å². The Morgan fingerprint density at radius 2 is 2.07 bits per heavy atom. The fraction of sp³-hybridized carbons (Fsp3) is 0.242. The van der Waals surface area contributed by atoms with Crippen molar-refractivity contribution in [2.45, 2.75) is 32.4 Å². The predicted octanol–water partition coefficient (Wildman–Crippen LogP) is 7.21. The zero-order chi connectivity index (χ0) is 30.3. The van der Waals surface area contributed by atoms with Crippen LogP contribution in [0.4, 0.5) is 21.5 Å². The van der Waals surface area contributed by atoms with Crippen LogP contribution in [-0.2, 0) is 11.4 Å². The number of benzene rings is 3. The molecule has 4 aromatic rings. The minimum atomic E-state index is -0.339. The van der Waals surface area contributed by atoms with E-state index in [2.05, 4.69) is 26.6 Å². The van der Waals surface area contributed by atoms with Gasteiger partial charge in [0.1, 0.15) is 30.0 Å². The average Bonchev–Trinajstić information content (AvgIpc) is 3.41. The van der Waals surface area contributed by atoms with Gasteiger partial charge < -0.3 is 20.1 Å². The highest BCUT2D eigenvalue weighted by Gasteiger charge is 2.19. The number of carbonyl (C=O) groups is 1. The molecule has 8 nitrogen and oxygen atoms in total. The van der Waals surface area contributed by atoms with E-state index in [0.29, 0.717) is 62.2 Å². The average molecular weight is 600 g/mol. The third kappa shape index (κ3) is 7.23. The van der Waals surface area contributed by atoms with E-state index in [1.807, 2.05) is 20.0 Å². The van der Waals surface area contributed by atoms with Crippen LogP contribution in [0.1, 0.15) is 30.9 Å². The Kier molecular flexibility index (Phi) is 9.40. The van der Waals surface area contributed by atoms with Crippen molar-refractivity contribution in [1.29, 1.82) is 5.26 Å². The van der Waals surface area contributed by atoms with E-state index in [1.165, 1.54) is 18.3 Å². The molecule has 0 aliphatic carbocycles. The molecule has 1 saturated heterocycles. The van der Waals surface area contributed by atoms with Crippen molar-refractivity contribution in [3.05, 3.63) is 94.9 Å². The Bertz CT molecular complexity index is 1720. The molecule has 1 aliphatic heterocycles. The summed E-state index contributed by atoms with van der Waals surface area (Å²) in [4.78, 5) is 19.6. The zero-order valence-corrected chi connectivity index (χ0v) is 24.6. The van der Waals surface area contributed by atoms with Gasteiger partial charge in [-0.05, 0) is 75.3 Å². The maximum absolute atomic E-state index is 13.5. The molecule has 0 radical (unpaired) electrons. The molecular formula is C33H31ClFN5O3. The smallest absolute Gasteiger partial charge is 0.248 e. The molecule has 0 spiro atoms. The molecule has 3 aromatic carbocycles. The minimum absolute atomic E-state index is 0.154. The second-order valence-corrected chi connectivity index (χ2v) is 10.6.